The van der Waals surface area contributed by atoms with E-state index in [1.165, 1.54) is 24.9 Å². The first-order chi connectivity index (χ1) is 6.75. The fraction of sp³-hybridized carbons (Fsp3) is 0.455. The summed E-state index contributed by atoms with van der Waals surface area (Å²) in [5.41, 5.74) is 1.43. The Hall–Kier alpha value is 0.140. The van der Waals surface area contributed by atoms with Crippen LogP contribution in [0, 0.1) is 0 Å². The molecule has 1 saturated heterocycles. The second-order valence-electron chi connectivity index (χ2n) is 3.75. The first-order valence-electron chi connectivity index (χ1n) is 4.92. The van der Waals surface area contributed by atoms with Crippen molar-refractivity contribution in [2.45, 2.75) is 18.8 Å². The van der Waals surface area contributed by atoms with Gasteiger partial charge in [-0.15, -0.1) is 0 Å². The Morgan fingerprint density at radius 2 is 1.86 bits per heavy atom. The molecule has 2 rings (SSSR count). The van der Waals surface area contributed by atoms with E-state index < -0.39 is 0 Å². The molecule has 1 fully saturated rings. The van der Waals surface area contributed by atoms with Crippen molar-refractivity contribution in [1.29, 1.82) is 0 Å². The minimum Gasteiger partial charge on any atom is -0.316 e. The highest BCUT2D eigenvalue weighted by molar-refractivity contribution is 9.11. The van der Waals surface area contributed by atoms with E-state index in [4.69, 9.17) is 0 Å². The third-order valence-electron chi connectivity index (χ3n) is 2.65. The molecule has 1 heterocycles. The molecular formula is C11H13Br2N. The normalized spacial score (nSPS) is 22.3. The predicted molar refractivity (Wildman–Crippen MR) is 66.7 cm³/mol. The maximum Gasteiger partial charge on any atom is 0.0189 e. The lowest BCUT2D eigenvalue weighted by Gasteiger charge is -2.23. The van der Waals surface area contributed by atoms with Crippen LogP contribution in [0.15, 0.2) is 27.1 Å². The highest BCUT2D eigenvalue weighted by atomic mass is 79.9. The highest BCUT2D eigenvalue weighted by Crippen LogP contribution is 2.28. The Morgan fingerprint density at radius 1 is 1.14 bits per heavy atom. The van der Waals surface area contributed by atoms with Gasteiger partial charge >= 0.3 is 0 Å². The smallest absolute Gasteiger partial charge is 0.0189 e. The van der Waals surface area contributed by atoms with Gasteiger partial charge in [-0.3, -0.25) is 0 Å². The Bertz CT molecular complexity index is 299. The minimum atomic E-state index is 0.678. The van der Waals surface area contributed by atoms with Crippen molar-refractivity contribution in [2.75, 3.05) is 13.1 Å². The monoisotopic (exact) mass is 317 g/mol. The molecule has 3 heteroatoms. The average molecular weight is 319 g/mol. The zero-order chi connectivity index (χ0) is 9.97. The Kier molecular flexibility index (Phi) is 3.63. The van der Waals surface area contributed by atoms with E-state index in [1.807, 2.05) is 0 Å². The van der Waals surface area contributed by atoms with Gasteiger partial charge in [-0.25, -0.2) is 0 Å². The Morgan fingerprint density at radius 3 is 2.43 bits per heavy atom. The van der Waals surface area contributed by atoms with E-state index >= 15 is 0 Å². The molecule has 0 radical (unpaired) electrons. The highest BCUT2D eigenvalue weighted by Gasteiger charge is 2.15. The van der Waals surface area contributed by atoms with Crippen molar-refractivity contribution in [3.8, 4) is 0 Å². The molecule has 14 heavy (non-hydrogen) atoms. The summed E-state index contributed by atoms with van der Waals surface area (Å²) in [5.74, 6) is 0.678. The fourth-order valence-corrected chi connectivity index (χ4v) is 3.28. The first-order valence-corrected chi connectivity index (χ1v) is 6.51. The molecule has 0 spiro atoms. The zero-order valence-electron chi connectivity index (χ0n) is 7.89. The van der Waals surface area contributed by atoms with E-state index in [0.29, 0.717) is 5.92 Å². The van der Waals surface area contributed by atoms with Gasteiger partial charge in [-0.1, -0.05) is 31.9 Å². The van der Waals surface area contributed by atoms with E-state index in [0.717, 1.165) is 15.5 Å². The van der Waals surface area contributed by atoms with E-state index in [-0.39, 0.29) is 0 Å². The molecule has 1 atom stereocenters. The summed E-state index contributed by atoms with van der Waals surface area (Å²) < 4.78 is 2.32. The molecule has 0 aliphatic carbocycles. The molecule has 1 aliphatic heterocycles. The second-order valence-corrected chi connectivity index (χ2v) is 5.58. The number of piperidine rings is 1. The molecule has 0 unspecified atom stereocenters. The summed E-state index contributed by atoms with van der Waals surface area (Å²) in [5, 5.41) is 3.44. The molecule has 1 aromatic carbocycles. The van der Waals surface area contributed by atoms with Gasteiger partial charge in [-0.2, -0.15) is 0 Å². The zero-order valence-corrected chi connectivity index (χ0v) is 11.1. The van der Waals surface area contributed by atoms with Crippen molar-refractivity contribution in [3.63, 3.8) is 0 Å². The third-order valence-corrected chi connectivity index (χ3v) is 3.57. The number of hydrogen-bond donors (Lipinski definition) is 1. The van der Waals surface area contributed by atoms with Gasteiger partial charge < -0.3 is 5.32 Å². The van der Waals surface area contributed by atoms with Crippen molar-refractivity contribution in [1.82, 2.24) is 5.32 Å². The topological polar surface area (TPSA) is 12.0 Å². The van der Waals surface area contributed by atoms with Crippen LogP contribution in [0.1, 0.15) is 24.3 Å². The molecule has 0 aromatic heterocycles. The lowest BCUT2D eigenvalue weighted by atomic mass is 9.92. The van der Waals surface area contributed by atoms with Gasteiger partial charge in [0.2, 0.25) is 0 Å². The molecule has 0 saturated carbocycles. The number of benzene rings is 1. The van der Waals surface area contributed by atoms with Crippen LogP contribution in [0.3, 0.4) is 0 Å². The van der Waals surface area contributed by atoms with Gasteiger partial charge in [0.1, 0.15) is 0 Å². The predicted octanol–water partition coefficient (Wildman–Crippen LogP) is 3.68. The van der Waals surface area contributed by atoms with Crippen LogP contribution in [0.25, 0.3) is 0 Å². The quantitative estimate of drug-likeness (QED) is 0.833. The van der Waals surface area contributed by atoms with Crippen LogP contribution in [-0.4, -0.2) is 13.1 Å². The second kappa shape index (κ2) is 4.77. The SMILES string of the molecule is Brc1cc(Br)cc([C@@H]2CCCNC2)c1. The van der Waals surface area contributed by atoms with Crippen molar-refractivity contribution >= 4 is 31.9 Å². The van der Waals surface area contributed by atoms with Crippen LogP contribution in [-0.2, 0) is 0 Å². The summed E-state index contributed by atoms with van der Waals surface area (Å²) in [6.45, 7) is 2.29. The van der Waals surface area contributed by atoms with Gasteiger partial charge in [0.25, 0.3) is 0 Å². The molecule has 0 bridgehead atoms. The van der Waals surface area contributed by atoms with Gasteiger partial charge in [0.15, 0.2) is 0 Å². The maximum absolute atomic E-state index is 3.53. The van der Waals surface area contributed by atoms with E-state index in [2.05, 4.69) is 55.4 Å². The Labute approximate surface area is 102 Å². The first kappa shape index (κ1) is 10.7. The van der Waals surface area contributed by atoms with Crippen molar-refractivity contribution in [2.24, 2.45) is 0 Å². The third kappa shape index (κ3) is 2.59. The largest absolute Gasteiger partial charge is 0.316 e. The standard InChI is InChI=1S/C11H13Br2N/c12-10-4-9(5-11(13)6-10)8-2-1-3-14-7-8/h4-6,8,14H,1-3,7H2/t8-/m1/s1. The number of nitrogens with one attached hydrogen (secondary N) is 1. The van der Waals surface area contributed by atoms with Crippen LogP contribution in [0.5, 0.6) is 0 Å². The number of hydrogen-bond acceptors (Lipinski definition) is 1. The van der Waals surface area contributed by atoms with Crippen molar-refractivity contribution < 1.29 is 0 Å². The average Bonchev–Trinajstić information content (AvgIpc) is 2.18. The molecule has 1 aromatic rings. The van der Waals surface area contributed by atoms with Crippen LogP contribution in [0.2, 0.25) is 0 Å². The summed E-state index contributed by atoms with van der Waals surface area (Å²) in [6, 6.07) is 6.53. The summed E-state index contributed by atoms with van der Waals surface area (Å²) in [4.78, 5) is 0. The summed E-state index contributed by atoms with van der Waals surface area (Å²) >= 11 is 7.06. The van der Waals surface area contributed by atoms with Crippen LogP contribution in [0.4, 0.5) is 0 Å². The maximum atomic E-state index is 3.53. The summed E-state index contributed by atoms with van der Waals surface area (Å²) in [7, 11) is 0. The minimum absolute atomic E-state index is 0.678. The summed E-state index contributed by atoms with van der Waals surface area (Å²) in [6.07, 6.45) is 2.59. The van der Waals surface area contributed by atoms with E-state index in [9.17, 15) is 0 Å². The van der Waals surface area contributed by atoms with Crippen molar-refractivity contribution in [3.05, 3.63) is 32.7 Å². The number of halogens is 2. The molecule has 1 nitrogen and oxygen atoms in total. The molecule has 1 aliphatic rings. The van der Waals surface area contributed by atoms with Gasteiger partial charge in [0, 0.05) is 15.5 Å². The lowest BCUT2D eigenvalue weighted by Crippen LogP contribution is -2.28. The fourth-order valence-electron chi connectivity index (χ4n) is 1.95. The Balaban J connectivity index is 2.21. The van der Waals surface area contributed by atoms with Gasteiger partial charge in [-0.05, 0) is 49.1 Å². The van der Waals surface area contributed by atoms with Crippen LogP contribution < -0.4 is 5.32 Å². The molecule has 76 valence electrons. The van der Waals surface area contributed by atoms with Crippen LogP contribution >= 0.6 is 31.9 Å². The molecule has 1 N–H and O–H groups in total. The lowest BCUT2D eigenvalue weighted by molar-refractivity contribution is 0.461. The molecule has 0 amide bonds. The molecular weight excluding hydrogens is 306 g/mol. The van der Waals surface area contributed by atoms with Gasteiger partial charge in [0.05, 0.1) is 0 Å². The van der Waals surface area contributed by atoms with E-state index in [1.54, 1.807) is 0 Å². The number of rotatable bonds is 1.